The third-order valence-corrected chi connectivity index (χ3v) is 3.35. The van der Waals surface area contributed by atoms with E-state index in [9.17, 15) is 0 Å². The fourth-order valence-electron chi connectivity index (χ4n) is 2.25. The van der Waals surface area contributed by atoms with Crippen molar-refractivity contribution < 1.29 is 4.42 Å². The van der Waals surface area contributed by atoms with Crippen LogP contribution in [0.25, 0.3) is 11.3 Å². The molecule has 2 heterocycles. The lowest BCUT2D eigenvalue weighted by atomic mass is 10.2. The number of halogens is 1. The first-order valence-electron chi connectivity index (χ1n) is 7.22. The second-order valence-electron chi connectivity index (χ2n) is 4.96. The number of nitrogens with zero attached hydrogens (tertiary/aromatic N) is 2. The van der Waals surface area contributed by atoms with Gasteiger partial charge in [0.1, 0.15) is 11.5 Å². The molecule has 0 amide bonds. The molecule has 0 atom stereocenters. The van der Waals surface area contributed by atoms with Gasteiger partial charge in [-0.05, 0) is 25.1 Å². The molecular weight excluding hydrogens is 298 g/mol. The molecular formula is C17H20ClN3O. The van der Waals surface area contributed by atoms with E-state index in [1.165, 1.54) is 0 Å². The molecule has 0 aliphatic carbocycles. The molecule has 0 aliphatic rings. The van der Waals surface area contributed by atoms with Crippen LogP contribution in [0, 0.1) is 0 Å². The second kappa shape index (κ2) is 8.41. The lowest BCUT2D eigenvalue weighted by Crippen LogP contribution is -2.15. The number of benzene rings is 1. The van der Waals surface area contributed by atoms with Crippen LogP contribution in [0.5, 0.6) is 0 Å². The van der Waals surface area contributed by atoms with Gasteiger partial charge in [0.25, 0.3) is 0 Å². The Bertz CT molecular complexity index is 650. The summed E-state index contributed by atoms with van der Waals surface area (Å²) in [6, 6.07) is 14.2. The molecule has 0 bridgehead atoms. The second-order valence-corrected chi connectivity index (χ2v) is 4.96. The van der Waals surface area contributed by atoms with E-state index in [0.29, 0.717) is 0 Å². The van der Waals surface area contributed by atoms with E-state index >= 15 is 0 Å². The van der Waals surface area contributed by atoms with Gasteiger partial charge in [-0.3, -0.25) is 0 Å². The molecule has 3 rings (SSSR count). The summed E-state index contributed by atoms with van der Waals surface area (Å²) < 4.78 is 7.93. The Morgan fingerprint density at radius 2 is 1.95 bits per heavy atom. The molecule has 116 valence electrons. The van der Waals surface area contributed by atoms with Crippen molar-refractivity contribution in [2.45, 2.75) is 19.5 Å². The van der Waals surface area contributed by atoms with Crippen LogP contribution in [0.3, 0.4) is 0 Å². The van der Waals surface area contributed by atoms with Gasteiger partial charge in [0.15, 0.2) is 0 Å². The molecule has 0 unspecified atom stereocenters. The first-order chi connectivity index (χ1) is 10.4. The highest BCUT2D eigenvalue weighted by Gasteiger charge is 2.03. The van der Waals surface area contributed by atoms with Crippen molar-refractivity contribution in [3.8, 4) is 11.3 Å². The van der Waals surface area contributed by atoms with Gasteiger partial charge in [-0.2, -0.15) is 0 Å². The zero-order valence-electron chi connectivity index (χ0n) is 12.3. The summed E-state index contributed by atoms with van der Waals surface area (Å²) in [5.74, 6) is 1.89. The van der Waals surface area contributed by atoms with Gasteiger partial charge >= 0.3 is 0 Å². The summed E-state index contributed by atoms with van der Waals surface area (Å²) in [7, 11) is 0. The highest BCUT2D eigenvalue weighted by Crippen LogP contribution is 2.21. The van der Waals surface area contributed by atoms with Crippen LogP contribution in [0.2, 0.25) is 0 Å². The van der Waals surface area contributed by atoms with Gasteiger partial charge in [-0.25, -0.2) is 4.98 Å². The van der Waals surface area contributed by atoms with Crippen LogP contribution in [0.4, 0.5) is 0 Å². The summed E-state index contributed by atoms with van der Waals surface area (Å²) in [4.78, 5) is 4.03. The minimum absolute atomic E-state index is 0. The lowest BCUT2D eigenvalue weighted by Gasteiger charge is -2.03. The smallest absolute Gasteiger partial charge is 0.134 e. The van der Waals surface area contributed by atoms with Crippen molar-refractivity contribution in [1.82, 2.24) is 14.9 Å². The Morgan fingerprint density at radius 1 is 1.09 bits per heavy atom. The van der Waals surface area contributed by atoms with Gasteiger partial charge in [-0.15, -0.1) is 12.4 Å². The standard InChI is InChI=1S/C17H19N3O.ClH/c1-2-5-15(6-3-1)17-8-7-16(21-17)13-18-9-4-11-20-12-10-19-14-20;/h1-3,5-8,10,12,14,18H,4,9,11,13H2;1H. The molecule has 22 heavy (non-hydrogen) atoms. The SMILES string of the molecule is Cl.c1ccc(-c2ccc(CNCCCn3ccnc3)o2)cc1. The molecule has 5 heteroatoms. The minimum Gasteiger partial charge on any atom is -0.460 e. The van der Waals surface area contributed by atoms with Crippen LogP contribution in [0.1, 0.15) is 12.2 Å². The Balaban J connectivity index is 0.00000176. The first-order valence-corrected chi connectivity index (χ1v) is 7.22. The van der Waals surface area contributed by atoms with Gasteiger partial charge in [0, 0.05) is 24.5 Å². The highest BCUT2D eigenvalue weighted by molar-refractivity contribution is 5.85. The number of aromatic nitrogens is 2. The molecule has 0 fully saturated rings. The van der Waals surface area contributed by atoms with Crippen molar-refractivity contribution >= 4 is 12.4 Å². The predicted octanol–water partition coefficient (Wildman–Crippen LogP) is 3.74. The number of nitrogens with one attached hydrogen (secondary N) is 1. The monoisotopic (exact) mass is 317 g/mol. The van der Waals surface area contributed by atoms with Crippen LogP contribution < -0.4 is 5.32 Å². The number of hydrogen-bond acceptors (Lipinski definition) is 3. The first kappa shape index (κ1) is 16.3. The largest absolute Gasteiger partial charge is 0.460 e. The van der Waals surface area contributed by atoms with E-state index in [1.54, 1.807) is 6.20 Å². The Morgan fingerprint density at radius 3 is 2.73 bits per heavy atom. The van der Waals surface area contributed by atoms with Gasteiger partial charge < -0.3 is 14.3 Å². The Hall–Kier alpha value is -2.04. The van der Waals surface area contributed by atoms with Crippen molar-refractivity contribution in [1.29, 1.82) is 0 Å². The number of imidazole rings is 1. The maximum atomic E-state index is 5.84. The molecule has 1 N–H and O–H groups in total. The van der Waals surface area contributed by atoms with E-state index in [2.05, 4.69) is 27.0 Å². The van der Waals surface area contributed by atoms with Gasteiger partial charge in [0.05, 0.1) is 12.9 Å². The molecule has 3 aromatic rings. The molecule has 2 aromatic heterocycles. The van der Waals surface area contributed by atoms with Crippen LogP contribution in [-0.2, 0) is 13.1 Å². The number of rotatable bonds is 7. The number of hydrogen-bond donors (Lipinski definition) is 1. The van der Waals surface area contributed by atoms with E-state index < -0.39 is 0 Å². The summed E-state index contributed by atoms with van der Waals surface area (Å²) >= 11 is 0. The van der Waals surface area contributed by atoms with Crippen LogP contribution >= 0.6 is 12.4 Å². The maximum absolute atomic E-state index is 5.84. The van der Waals surface area contributed by atoms with E-state index in [4.69, 9.17) is 4.42 Å². The van der Waals surface area contributed by atoms with Crippen LogP contribution in [0.15, 0.2) is 65.6 Å². The lowest BCUT2D eigenvalue weighted by molar-refractivity contribution is 0.484. The predicted molar refractivity (Wildman–Crippen MR) is 89.9 cm³/mol. The van der Waals surface area contributed by atoms with Crippen molar-refractivity contribution in [3.63, 3.8) is 0 Å². The fraction of sp³-hybridized carbons (Fsp3) is 0.235. The Kier molecular flexibility index (Phi) is 6.25. The van der Waals surface area contributed by atoms with E-state index in [0.717, 1.165) is 43.1 Å². The molecule has 0 saturated heterocycles. The zero-order valence-corrected chi connectivity index (χ0v) is 13.1. The van der Waals surface area contributed by atoms with Crippen molar-refractivity contribution in [2.75, 3.05) is 6.54 Å². The van der Waals surface area contributed by atoms with Gasteiger partial charge in [-0.1, -0.05) is 30.3 Å². The fourth-order valence-corrected chi connectivity index (χ4v) is 2.25. The third kappa shape index (κ3) is 4.48. The molecule has 0 spiro atoms. The summed E-state index contributed by atoms with van der Waals surface area (Å²) in [5, 5.41) is 3.40. The summed E-state index contributed by atoms with van der Waals surface area (Å²) in [5.41, 5.74) is 1.11. The summed E-state index contributed by atoms with van der Waals surface area (Å²) in [6.45, 7) is 2.71. The highest BCUT2D eigenvalue weighted by atomic mass is 35.5. The summed E-state index contributed by atoms with van der Waals surface area (Å²) in [6.07, 6.45) is 6.71. The van der Waals surface area contributed by atoms with E-state index in [-0.39, 0.29) is 12.4 Å². The molecule has 0 aliphatic heterocycles. The topological polar surface area (TPSA) is 43.0 Å². The average molecular weight is 318 g/mol. The third-order valence-electron chi connectivity index (χ3n) is 3.35. The Labute approximate surface area is 136 Å². The van der Waals surface area contributed by atoms with Gasteiger partial charge in [0.2, 0.25) is 0 Å². The zero-order chi connectivity index (χ0) is 14.3. The molecule has 0 saturated carbocycles. The normalized spacial score (nSPS) is 10.4. The average Bonchev–Trinajstić information content (AvgIpc) is 3.19. The van der Waals surface area contributed by atoms with Crippen LogP contribution in [-0.4, -0.2) is 16.1 Å². The quantitative estimate of drug-likeness (QED) is 0.675. The molecule has 1 aromatic carbocycles. The maximum Gasteiger partial charge on any atom is 0.134 e. The minimum atomic E-state index is 0. The molecule has 4 nitrogen and oxygen atoms in total. The molecule has 0 radical (unpaired) electrons. The number of aryl methyl sites for hydroxylation is 1. The van der Waals surface area contributed by atoms with Crippen molar-refractivity contribution in [3.05, 3.63) is 66.9 Å². The van der Waals surface area contributed by atoms with Crippen molar-refractivity contribution in [2.24, 2.45) is 0 Å². The van der Waals surface area contributed by atoms with E-state index in [1.807, 2.05) is 42.9 Å². The number of furan rings is 1.